The first kappa shape index (κ1) is 17.7. The van der Waals surface area contributed by atoms with Gasteiger partial charge in [0.15, 0.2) is 0 Å². The number of hydrogen-bond donors (Lipinski definition) is 2. The van der Waals surface area contributed by atoms with E-state index in [-0.39, 0.29) is 5.91 Å². The Morgan fingerprint density at radius 1 is 1.12 bits per heavy atom. The Kier molecular flexibility index (Phi) is 5.37. The van der Waals surface area contributed by atoms with E-state index in [0.29, 0.717) is 18.5 Å². The summed E-state index contributed by atoms with van der Waals surface area (Å²) in [5.41, 5.74) is 2.85. The van der Waals surface area contributed by atoms with Crippen LogP contribution in [0.1, 0.15) is 42.1 Å². The van der Waals surface area contributed by atoms with Gasteiger partial charge in [-0.3, -0.25) is 4.79 Å². The minimum atomic E-state index is -0.922. The van der Waals surface area contributed by atoms with Crippen LogP contribution < -0.4 is 5.32 Å². The second-order valence-electron chi connectivity index (χ2n) is 6.33. The number of aromatic carboxylic acids is 1. The summed E-state index contributed by atoms with van der Waals surface area (Å²) in [4.78, 5) is 23.3. The Hall–Kier alpha value is -3.08. The Morgan fingerprint density at radius 2 is 1.92 bits per heavy atom. The molecule has 0 aliphatic heterocycles. The number of unbranched alkanes of at least 4 members (excludes halogenated alkanes) is 1. The molecule has 134 valence electrons. The normalized spacial score (nSPS) is 10.8. The highest BCUT2D eigenvalue weighted by Crippen LogP contribution is 2.22. The Balaban J connectivity index is 1.82. The van der Waals surface area contributed by atoms with Gasteiger partial charge in [0.25, 0.3) is 0 Å². The summed E-state index contributed by atoms with van der Waals surface area (Å²) >= 11 is 0. The number of benzene rings is 2. The number of nitrogens with zero attached hydrogens (tertiary/aromatic N) is 1. The first-order valence-corrected chi connectivity index (χ1v) is 8.78. The molecule has 3 rings (SSSR count). The smallest absolute Gasteiger partial charge is 0.336 e. The number of nitrogens with one attached hydrogen (secondary N) is 1. The highest BCUT2D eigenvalue weighted by atomic mass is 16.4. The summed E-state index contributed by atoms with van der Waals surface area (Å²) < 4.78 is 2.01. The van der Waals surface area contributed by atoms with E-state index in [0.717, 1.165) is 35.0 Å². The van der Waals surface area contributed by atoms with Gasteiger partial charge in [0.1, 0.15) is 0 Å². The number of carboxylic acids is 1. The zero-order valence-corrected chi connectivity index (χ0v) is 14.7. The van der Waals surface area contributed by atoms with E-state index in [9.17, 15) is 14.7 Å². The van der Waals surface area contributed by atoms with Crippen molar-refractivity contribution in [1.82, 2.24) is 4.57 Å². The molecule has 0 atom stereocenters. The van der Waals surface area contributed by atoms with Crippen LogP contribution in [-0.4, -0.2) is 21.6 Å². The SMILES string of the molecule is CCCCC(=O)Nc1ccc2c(ccn2Cc2ccccc2C(=O)O)c1. The van der Waals surface area contributed by atoms with Gasteiger partial charge in [-0.2, -0.15) is 0 Å². The molecule has 0 saturated heterocycles. The third-order valence-corrected chi connectivity index (χ3v) is 4.40. The first-order chi connectivity index (χ1) is 12.6. The first-order valence-electron chi connectivity index (χ1n) is 8.78. The topological polar surface area (TPSA) is 71.3 Å². The molecular formula is C21H22N2O3. The van der Waals surface area contributed by atoms with Crippen molar-refractivity contribution < 1.29 is 14.7 Å². The standard InChI is InChI=1S/C21H22N2O3/c1-2-3-8-20(24)22-17-9-10-19-15(13-17)11-12-23(19)14-16-6-4-5-7-18(16)21(25)26/h4-7,9-13H,2-3,8,14H2,1H3,(H,22,24)(H,25,26). The van der Waals surface area contributed by atoms with E-state index < -0.39 is 5.97 Å². The Labute approximate surface area is 152 Å². The fraction of sp³-hybridized carbons (Fsp3) is 0.238. The van der Waals surface area contributed by atoms with Gasteiger partial charge in [-0.05, 0) is 42.3 Å². The van der Waals surface area contributed by atoms with Crippen molar-refractivity contribution in [2.75, 3.05) is 5.32 Å². The molecule has 0 saturated carbocycles. The lowest BCUT2D eigenvalue weighted by molar-refractivity contribution is -0.116. The average Bonchev–Trinajstić information content (AvgIpc) is 3.02. The fourth-order valence-corrected chi connectivity index (χ4v) is 3.03. The predicted octanol–water partition coefficient (Wildman–Crippen LogP) is 4.52. The average molecular weight is 350 g/mol. The van der Waals surface area contributed by atoms with Crippen molar-refractivity contribution in [3.05, 3.63) is 65.9 Å². The van der Waals surface area contributed by atoms with E-state index in [1.165, 1.54) is 0 Å². The Bertz CT molecular complexity index is 943. The lowest BCUT2D eigenvalue weighted by atomic mass is 10.1. The number of amides is 1. The van der Waals surface area contributed by atoms with Gasteiger partial charge in [0, 0.05) is 35.8 Å². The molecular weight excluding hydrogens is 328 g/mol. The van der Waals surface area contributed by atoms with Crippen LogP contribution in [0.15, 0.2) is 54.7 Å². The predicted molar refractivity (Wildman–Crippen MR) is 103 cm³/mol. The molecule has 0 radical (unpaired) electrons. The van der Waals surface area contributed by atoms with Crippen LogP contribution in [0.2, 0.25) is 0 Å². The lowest BCUT2D eigenvalue weighted by Gasteiger charge is -2.10. The van der Waals surface area contributed by atoms with Crippen LogP contribution in [0.25, 0.3) is 10.9 Å². The quantitative estimate of drug-likeness (QED) is 0.658. The Morgan fingerprint density at radius 3 is 2.69 bits per heavy atom. The van der Waals surface area contributed by atoms with Crippen molar-refractivity contribution in [3.63, 3.8) is 0 Å². The van der Waals surface area contributed by atoms with Gasteiger partial charge in [-0.25, -0.2) is 4.79 Å². The lowest BCUT2D eigenvalue weighted by Crippen LogP contribution is -2.10. The molecule has 26 heavy (non-hydrogen) atoms. The summed E-state index contributed by atoms with van der Waals surface area (Å²) in [6.45, 7) is 2.54. The largest absolute Gasteiger partial charge is 0.478 e. The molecule has 0 unspecified atom stereocenters. The van der Waals surface area contributed by atoms with Crippen molar-refractivity contribution in [2.24, 2.45) is 0 Å². The van der Waals surface area contributed by atoms with E-state index in [1.807, 2.05) is 47.2 Å². The van der Waals surface area contributed by atoms with Gasteiger partial charge in [0.05, 0.1) is 5.56 Å². The molecule has 0 aliphatic rings. The zero-order chi connectivity index (χ0) is 18.5. The number of hydrogen-bond acceptors (Lipinski definition) is 2. The number of aromatic nitrogens is 1. The van der Waals surface area contributed by atoms with Gasteiger partial charge in [-0.15, -0.1) is 0 Å². The molecule has 2 N–H and O–H groups in total. The number of carbonyl (C=O) groups is 2. The molecule has 2 aromatic carbocycles. The van der Waals surface area contributed by atoms with Crippen LogP contribution in [0.3, 0.4) is 0 Å². The van der Waals surface area contributed by atoms with Crippen molar-refractivity contribution >= 4 is 28.5 Å². The molecule has 0 bridgehead atoms. The summed E-state index contributed by atoms with van der Waals surface area (Å²) in [6.07, 6.45) is 4.34. The van der Waals surface area contributed by atoms with Gasteiger partial charge >= 0.3 is 5.97 Å². The molecule has 5 nitrogen and oxygen atoms in total. The third kappa shape index (κ3) is 3.94. The number of carbonyl (C=O) groups excluding carboxylic acids is 1. The number of carboxylic acid groups (broad SMARTS) is 1. The van der Waals surface area contributed by atoms with Crippen LogP contribution in [0.5, 0.6) is 0 Å². The molecule has 1 amide bonds. The minimum absolute atomic E-state index is 0.0287. The number of anilines is 1. The molecule has 0 fully saturated rings. The van der Waals surface area contributed by atoms with Crippen molar-refractivity contribution in [1.29, 1.82) is 0 Å². The maximum Gasteiger partial charge on any atom is 0.336 e. The number of fused-ring (bicyclic) bond motifs is 1. The van der Waals surface area contributed by atoms with Gasteiger partial charge in [0.2, 0.25) is 5.91 Å². The monoisotopic (exact) mass is 350 g/mol. The maximum atomic E-state index is 11.9. The van der Waals surface area contributed by atoms with Crippen molar-refractivity contribution in [3.8, 4) is 0 Å². The summed E-state index contributed by atoms with van der Waals surface area (Å²) in [7, 11) is 0. The van der Waals surface area contributed by atoms with E-state index in [2.05, 4.69) is 12.2 Å². The molecule has 5 heteroatoms. The second-order valence-corrected chi connectivity index (χ2v) is 6.33. The second kappa shape index (κ2) is 7.87. The number of rotatable bonds is 7. The molecule has 0 spiro atoms. The third-order valence-electron chi connectivity index (χ3n) is 4.40. The maximum absolute atomic E-state index is 11.9. The van der Waals surface area contributed by atoms with Crippen LogP contribution in [0, 0.1) is 0 Å². The van der Waals surface area contributed by atoms with E-state index in [1.54, 1.807) is 12.1 Å². The van der Waals surface area contributed by atoms with Crippen molar-refractivity contribution in [2.45, 2.75) is 32.7 Å². The summed E-state index contributed by atoms with van der Waals surface area (Å²) in [5.74, 6) is -0.893. The highest BCUT2D eigenvalue weighted by molar-refractivity contribution is 5.94. The molecule has 0 aliphatic carbocycles. The van der Waals surface area contributed by atoms with Crippen LogP contribution >= 0.6 is 0 Å². The highest BCUT2D eigenvalue weighted by Gasteiger charge is 2.11. The van der Waals surface area contributed by atoms with E-state index in [4.69, 9.17) is 0 Å². The molecule has 3 aromatic rings. The molecule has 1 heterocycles. The zero-order valence-electron chi connectivity index (χ0n) is 14.7. The fourth-order valence-electron chi connectivity index (χ4n) is 3.03. The van der Waals surface area contributed by atoms with E-state index >= 15 is 0 Å². The summed E-state index contributed by atoms with van der Waals surface area (Å²) in [6, 6.07) is 14.8. The molecule has 1 aromatic heterocycles. The minimum Gasteiger partial charge on any atom is -0.478 e. The van der Waals surface area contributed by atoms with Crippen LogP contribution in [0.4, 0.5) is 5.69 Å². The van der Waals surface area contributed by atoms with Crippen LogP contribution in [-0.2, 0) is 11.3 Å². The van der Waals surface area contributed by atoms with Gasteiger partial charge < -0.3 is 15.0 Å². The van der Waals surface area contributed by atoms with Gasteiger partial charge in [-0.1, -0.05) is 31.5 Å². The summed E-state index contributed by atoms with van der Waals surface area (Å²) in [5, 5.41) is 13.3.